The SMILES string of the molecule is CC(CNC(=O)CCCl)N(C)C1CC1. The molecule has 3 nitrogen and oxygen atoms in total. The van der Waals surface area contributed by atoms with Crippen molar-refractivity contribution in [3.05, 3.63) is 0 Å². The fourth-order valence-electron chi connectivity index (χ4n) is 1.42. The first kappa shape index (κ1) is 11.8. The highest BCUT2D eigenvalue weighted by Gasteiger charge is 2.28. The first-order chi connectivity index (χ1) is 6.65. The summed E-state index contributed by atoms with van der Waals surface area (Å²) in [7, 11) is 2.12. The van der Waals surface area contributed by atoms with E-state index >= 15 is 0 Å². The molecule has 0 bridgehead atoms. The smallest absolute Gasteiger partial charge is 0.221 e. The van der Waals surface area contributed by atoms with E-state index in [-0.39, 0.29) is 5.91 Å². The average Bonchev–Trinajstić information content (AvgIpc) is 2.96. The Hall–Kier alpha value is -0.280. The van der Waals surface area contributed by atoms with Crippen molar-refractivity contribution in [2.75, 3.05) is 19.5 Å². The molecule has 0 saturated heterocycles. The minimum Gasteiger partial charge on any atom is -0.355 e. The summed E-state index contributed by atoms with van der Waals surface area (Å²) in [5.74, 6) is 0.453. The number of nitrogens with zero attached hydrogens (tertiary/aromatic N) is 1. The van der Waals surface area contributed by atoms with Gasteiger partial charge in [0.05, 0.1) is 0 Å². The lowest BCUT2D eigenvalue weighted by Crippen LogP contribution is -2.41. The van der Waals surface area contributed by atoms with Gasteiger partial charge >= 0.3 is 0 Å². The van der Waals surface area contributed by atoms with Gasteiger partial charge in [-0.3, -0.25) is 9.69 Å². The molecule has 0 aromatic heterocycles. The van der Waals surface area contributed by atoms with E-state index in [1.54, 1.807) is 0 Å². The van der Waals surface area contributed by atoms with Gasteiger partial charge in [0.2, 0.25) is 5.91 Å². The van der Waals surface area contributed by atoms with E-state index in [2.05, 4.69) is 24.2 Å². The molecule has 1 unspecified atom stereocenters. The van der Waals surface area contributed by atoms with Crippen LogP contribution in [0.25, 0.3) is 0 Å². The van der Waals surface area contributed by atoms with Crippen molar-refractivity contribution in [3.8, 4) is 0 Å². The first-order valence-corrected chi connectivity index (χ1v) is 5.73. The van der Waals surface area contributed by atoms with Gasteiger partial charge < -0.3 is 5.32 Å². The summed E-state index contributed by atoms with van der Waals surface area (Å²) < 4.78 is 0. The number of amides is 1. The van der Waals surface area contributed by atoms with E-state index in [1.807, 2.05) is 0 Å². The third-order valence-corrected chi connectivity index (χ3v) is 2.92. The van der Waals surface area contributed by atoms with Crippen molar-refractivity contribution in [1.29, 1.82) is 0 Å². The largest absolute Gasteiger partial charge is 0.355 e. The molecule has 1 atom stereocenters. The van der Waals surface area contributed by atoms with Crippen LogP contribution in [0.15, 0.2) is 0 Å². The van der Waals surface area contributed by atoms with Gasteiger partial charge in [-0.1, -0.05) is 0 Å². The maximum Gasteiger partial charge on any atom is 0.221 e. The van der Waals surface area contributed by atoms with Crippen LogP contribution in [-0.2, 0) is 4.79 Å². The molecule has 1 amide bonds. The second kappa shape index (κ2) is 5.56. The Labute approximate surface area is 90.8 Å². The number of nitrogens with one attached hydrogen (secondary N) is 1. The number of likely N-dealkylation sites (N-methyl/N-ethyl adjacent to an activating group) is 1. The fraction of sp³-hybridized carbons (Fsp3) is 0.900. The second-order valence-corrected chi connectivity index (χ2v) is 4.37. The molecule has 82 valence electrons. The zero-order valence-electron chi connectivity index (χ0n) is 8.92. The molecule has 1 aliphatic carbocycles. The lowest BCUT2D eigenvalue weighted by atomic mass is 10.3. The summed E-state index contributed by atoms with van der Waals surface area (Å²) in [5.41, 5.74) is 0. The summed E-state index contributed by atoms with van der Waals surface area (Å²) in [6.45, 7) is 2.86. The van der Waals surface area contributed by atoms with Gasteiger partial charge in [0, 0.05) is 30.9 Å². The molecule has 0 aromatic rings. The summed E-state index contributed by atoms with van der Waals surface area (Å²) >= 11 is 5.46. The van der Waals surface area contributed by atoms with Crippen molar-refractivity contribution in [2.24, 2.45) is 0 Å². The summed E-state index contributed by atoms with van der Waals surface area (Å²) in [4.78, 5) is 13.5. The van der Waals surface area contributed by atoms with Crippen molar-refractivity contribution in [3.63, 3.8) is 0 Å². The Morgan fingerprint density at radius 3 is 2.79 bits per heavy atom. The molecule has 14 heavy (non-hydrogen) atoms. The maximum atomic E-state index is 11.1. The highest BCUT2D eigenvalue weighted by atomic mass is 35.5. The zero-order valence-corrected chi connectivity index (χ0v) is 9.68. The Balaban J connectivity index is 2.13. The molecule has 4 heteroatoms. The van der Waals surface area contributed by atoms with E-state index in [1.165, 1.54) is 12.8 Å². The topological polar surface area (TPSA) is 32.3 Å². The maximum absolute atomic E-state index is 11.1. The second-order valence-electron chi connectivity index (χ2n) is 3.99. The molecular formula is C10H19ClN2O. The van der Waals surface area contributed by atoms with Crippen LogP contribution in [0.2, 0.25) is 0 Å². The Morgan fingerprint density at radius 2 is 2.29 bits per heavy atom. The number of carbonyl (C=O) groups excluding carboxylic acids is 1. The lowest BCUT2D eigenvalue weighted by molar-refractivity contribution is -0.120. The number of rotatable bonds is 6. The van der Waals surface area contributed by atoms with Crippen molar-refractivity contribution >= 4 is 17.5 Å². The third kappa shape index (κ3) is 3.84. The molecule has 0 radical (unpaired) electrons. The summed E-state index contributed by atoms with van der Waals surface area (Å²) in [6.07, 6.45) is 3.02. The van der Waals surface area contributed by atoms with E-state index in [0.717, 1.165) is 12.6 Å². The van der Waals surface area contributed by atoms with Gasteiger partial charge in [0.15, 0.2) is 0 Å². The molecule has 1 N–H and O–H groups in total. The normalized spacial score (nSPS) is 18.3. The van der Waals surface area contributed by atoms with Crippen LogP contribution >= 0.6 is 11.6 Å². The number of halogens is 1. The Morgan fingerprint density at radius 1 is 1.64 bits per heavy atom. The highest BCUT2D eigenvalue weighted by Crippen LogP contribution is 2.26. The van der Waals surface area contributed by atoms with Crippen LogP contribution in [0.4, 0.5) is 0 Å². The number of alkyl halides is 1. The van der Waals surface area contributed by atoms with Gasteiger partial charge in [-0.05, 0) is 26.8 Å². The molecular weight excluding hydrogens is 200 g/mol. The number of hydrogen-bond acceptors (Lipinski definition) is 2. The molecule has 1 aliphatic rings. The Bertz CT molecular complexity index is 195. The van der Waals surface area contributed by atoms with Crippen LogP contribution in [0.3, 0.4) is 0 Å². The molecule has 1 rings (SSSR count). The third-order valence-electron chi connectivity index (χ3n) is 2.73. The van der Waals surface area contributed by atoms with Crippen LogP contribution in [0, 0.1) is 0 Å². The quantitative estimate of drug-likeness (QED) is 0.680. The molecule has 1 saturated carbocycles. The van der Waals surface area contributed by atoms with Crippen LogP contribution in [-0.4, -0.2) is 42.4 Å². The molecule has 0 heterocycles. The van der Waals surface area contributed by atoms with Gasteiger partial charge in [-0.15, -0.1) is 11.6 Å². The van der Waals surface area contributed by atoms with E-state index in [4.69, 9.17) is 11.6 Å². The fourth-order valence-corrected chi connectivity index (χ4v) is 1.59. The van der Waals surface area contributed by atoms with Crippen LogP contribution in [0.5, 0.6) is 0 Å². The Kier molecular flexibility index (Phi) is 4.69. The molecule has 0 aliphatic heterocycles. The van der Waals surface area contributed by atoms with Gasteiger partial charge in [-0.2, -0.15) is 0 Å². The summed E-state index contributed by atoms with van der Waals surface area (Å²) in [6, 6.07) is 1.16. The summed E-state index contributed by atoms with van der Waals surface area (Å²) in [5, 5.41) is 2.88. The standard InChI is InChI=1S/C10H19ClN2O/c1-8(13(2)9-3-4-9)7-12-10(14)5-6-11/h8-9H,3-7H2,1-2H3,(H,12,14). The predicted octanol–water partition coefficient (Wildman–Crippen LogP) is 1.21. The number of carbonyl (C=O) groups is 1. The van der Waals surface area contributed by atoms with Crippen LogP contribution < -0.4 is 5.32 Å². The van der Waals surface area contributed by atoms with Gasteiger partial charge in [0.25, 0.3) is 0 Å². The van der Waals surface area contributed by atoms with Crippen molar-refractivity contribution < 1.29 is 4.79 Å². The van der Waals surface area contributed by atoms with Crippen molar-refractivity contribution in [1.82, 2.24) is 10.2 Å². The van der Waals surface area contributed by atoms with Gasteiger partial charge in [-0.25, -0.2) is 0 Å². The minimum absolute atomic E-state index is 0.0519. The van der Waals surface area contributed by atoms with Gasteiger partial charge in [0.1, 0.15) is 0 Å². The lowest BCUT2D eigenvalue weighted by Gasteiger charge is -2.24. The average molecular weight is 219 g/mol. The van der Waals surface area contributed by atoms with Crippen LogP contribution in [0.1, 0.15) is 26.2 Å². The molecule has 0 aromatic carbocycles. The highest BCUT2D eigenvalue weighted by molar-refractivity contribution is 6.18. The number of hydrogen-bond donors (Lipinski definition) is 1. The molecule has 0 spiro atoms. The predicted molar refractivity (Wildman–Crippen MR) is 58.6 cm³/mol. The monoisotopic (exact) mass is 218 g/mol. The van der Waals surface area contributed by atoms with E-state index in [0.29, 0.717) is 18.3 Å². The minimum atomic E-state index is 0.0519. The zero-order chi connectivity index (χ0) is 10.6. The van der Waals surface area contributed by atoms with Crippen molar-refractivity contribution in [2.45, 2.75) is 38.3 Å². The first-order valence-electron chi connectivity index (χ1n) is 5.19. The van der Waals surface area contributed by atoms with E-state index < -0.39 is 0 Å². The van der Waals surface area contributed by atoms with E-state index in [9.17, 15) is 4.79 Å². The molecule has 1 fully saturated rings.